The average molecular weight is 408 g/mol. The van der Waals surface area contributed by atoms with E-state index < -0.39 is 11.3 Å². The van der Waals surface area contributed by atoms with Gasteiger partial charge in [-0.05, 0) is 51.6 Å². The third kappa shape index (κ3) is 7.71. The van der Waals surface area contributed by atoms with Crippen LogP contribution in [0.5, 0.6) is 5.75 Å². The quantitative estimate of drug-likeness (QED) is 0.342. The number of nitrogens with one attached hydrogen (secondary N) is 1. The summed E-state index contributed by atoms with van der Waals surface area (Å²) in [5, 5.41) is 15.5. The smallest absolute Gasteiger partial charge is 0.293 e. The summed E-state index contributed by atoms with van der Waals surface area (Å²) in [5.74, 6) is -0.218. The van der Waals surface area contributed by atoms with Crippen LogP contribution < -0.4 is 5.56 Å². The fourth-order valence-corrected chi connectivity index (χ4v) is 2.41. The fraction of sp³-hybridized carbons (Fsp3) is 0.217. The third-order valence-corrected chi connectivity index (χ3v) is 3.80. The van der Waals surface area contributed by atoms with Gasteiger partial charge in [0.15, 0.2) is 5.75 Å². The summed E-state index contributed by atoms with van der Waals surface area (Å²) in [7, 11) is 0. The first kappa shape index (κ1) is 24.3. The minimum atomic E-state index is -0.636. The summed E-state index contributed by atoms with van der Waals surface area (Å²) >= 11 is 0. The Balaban J connectivity index is 3.21. The topological polar surface area (TPSA) is 93.9 Å². The summed E-state index contributed by atoms with van der Waals surface area (Å²) < 4.78 is 0. The number of aromatic nitrogens is 2. The molecule has 0 aliphatic carbocycles. The number of rotatable bonds is 10. The van der Waals surface area contributed by atoms with E-state index >= 15 is 0 Å². The van der Waals surface area contributed by atoms with Crippen molar-refractivity contribution in [3.63, 3.8) is 0 Å². The maximum atomic E-state index is 11.6. The first-order chi connectivity index (χ1) is 14.4. The van der Waals surface area contributed by atoms with Crippen molar-refractivity contribution < 1.29 is 5.11 Å². The van der Waals surface area contributed by atoms with E-state index in [0.717, 1.165) is 17.3 Å². The highest BCUT2D eigenvalue weighted by Gasteiger charge is 2.07. The van der Waals surface area contributed by atoms with E-state index in [1.165, 1.54) is 0 Å². The Morgan fingerprint density at radius 1 is 1.33 bits per heavy atom. The van der Waals surface area contributed by atoms with Crippen LogP contribution in [-0.2, 0) is 0 Å². The maximum absolute atomic E-state index is 11.6. The molecule has 0 bridgehead atoms. The largest absolute Gasteiger partial charge is 0.502 e. The maximum Gasteiger partial charge on any atom is 0.293 e. The average Bonchev–Trinajstić information content (AvgIpc) is 2.72. The van der Waals surface area contributed by atoms with Crippen LogP contribution in [0.25, 0.3) is 5.57 Å². The van der Waals surface area contributed by atoms with Gasteiger partial charge in [-0.2, -0.15) is 5.10 Å². The minimum absolute atomic E-state index is 0.236. The van der Waals surface area contributed by atoms with Crippen LogP contribution in [0.1, 0.15) is 33.5 Å². The lowest BCUT2D eigenvalue weighted by atomic mass is 10.1. The summed E-state index contributed by atoms with van der Waals surface area (Å²) in [4.78, 5) is 22.1. The molecule has 0 saturated carbocycles. The molecule has 1 rings (SSSR count). The Bertz CT molecular complexity index is 991. The van der Waals surface area contributed by atoms with Crippen molar-refractivity contribution in [1.29, 1.82) is 0 Å². The zero-order valence-corrected chi connectivity index (χ0v) is 18.0. The molecule has 7 nitrogen and oxygen atoms in total. The molecule has 0 aromatic carbocycles. The van der Waals surface area contributed by atoms with E-state index in [9.17, 15) is 9.90 Å². The molecule has 0 aliphatic rings. The molecule has 0 fully saturated rings. The van der Waals surface area contributed by atoms with E-state index in [-0.39, 0.29) is 5.82 Å². The lowest BCUT2D eigenvalue weighted by Crippen LogP contribution is -2.14. The molecule has 7 heteroatoms. The van der Waals surface area contributed by atoms with Crippen molar-refractivity contribution in [2.75, 3.05) is 6.54 Å². The monoisotopic (exact) mass is 407 g/mol. The van der Waals surface area contributed by atoms with Crippen molar-refractivity contribution >= 4 is 18.5 Å². The molecule has 0 unspecified atom stereocenters. The van der Waals surface area contributed by atoms with Gasteiger partial charge in [-0.1, -0.05) is 37.0 Å². The Morgan fingerprint density at radius 2 is 2.07 bits per heavy atom. The van der Waals surface area contributed by atoms with Gasteiger partial charge in [0.05, 0.1) is 18.4 Å². The van der Waals surface area contributed by atoms with Crippen molar-refractivity contribution in [2.45, 2.75) is 27.7 Å². The van der Waals surface area contributed by atoms with Gasteiger partial charge in [-0.3, -0.25) is 14.8 Å². The van der Waals surface area contributed by atoms with E-state index in [2.05, 4.69) is 33.4 Å². The lowest BCUT2D eigenvalue weighted by molar-refractivity contribution is 0.435. The minimum Gasteiger partial charge on any atom is -0.502 e. The van der Waals surface area contributed by atoms with Gasteiger partial charge < -0.3 is 10.1 Å². The van der Waals surface area contributed by atoms with Gasteiger partial charge in [-0.15, -0.1) is 0 Å². The Hall–Kier alpha value is -3.74. The van der Waals surface area contributed by atoms with Gasteiger partial charge in [0.1, 0.15) is 5.82 Å². The zero-order chi connectivity index (χ0) is 22.5. The number of hydrazone groups is 1. The second-order valence-corrected chi connectivity index (χ2v) is 6.21. The SMILES string of the molecule is C=NC(=C\C(=C)c1ncc(O)c(=O)[nH]1)/C(C)=C/N(CC(/C=C\C)=C/C=C\C)/N=C\C. The van der Waals surface area contributed by atoms with Gasteiger partial charge in [0, 0.05) is 18.0 Å². The molecule has 1 aromatic heterocycles. The molecule has 158 valence electrons. The van der Waals surface area contributed by atoms with Crippen LogP contribution in [0.3, 0.4) is 0 Å². The molecule has 0 amide bonds. The molecule has 1 aromatic rings. The highest BCUT2D eigenvalue weighted by Crippen LogP contribution is 2.18. The number of aromatic amines is 1. The second-order valence-electron chi connectivity index (χ2n) is 6.21. The molecule has 0 radical (unpaired) electrons. The predicted octanol–water partition coefficient (Wildman–Crippen LogP) is 4.36. The van der Waals surface area contributed by atoms with Crippen LogP contribution >= 0.6 is 0 Å². The van der Waals surface area contributed by atoms with Crippen LogP contribution in [0, 0.1) is 0 Å². The summed E-state index contributed by atoms with van der Waals surface area (Å²) in [5.41, 5.74) is 2.22. The van der Waals surface area contributed by atoms with Crippen molar-refractivity contribution in [3.05, 3.63) is 88.5 Å². The van der Waals surface area contributed by atoms with Crippen LogP contribution in [-0.4, -0.2) is 39.6 Å². The molecule has 30 heavy (non-hydrogen) atoms. The zero-order valence-electron chi connectivity index (χ0n) is 18.0. The highest BCUT2D eigenvalue weighted by molar-refractivity contribution is 5.69. The Morgan fingerprint density at radius 3 is 2.63 bits per heavy atom. The molecule has 1 heterocycles. The van der Waals surface area contributed by atoms with E-state index in [4.69, 9.17) is 0 Å². The molecule has 0 aliphatic heterocycles. The number of hydrogen-bond acceptors (Lipinski definition) is 6. The van der Waals surface area contributed by atoms with Crippen LogP contribution in [0.2, 0.25) is 0 Å². The molecular formula is C23H29N5O2. The Labute approximate surface area is 177 Å². The normalized spacial score (nSPS) is 13.5. The first-order valence-electron chi connectivity index (χ1n) is 9.40. The number of aromatic hydroxyl groups is 1. The molecule has 0 spiro atoms. The summed E-state index contributed by atoms with van der Waals surface area (Å²) in [6, 6.07) is 0. The second kappa shape index (κ2) is 12.7. The van der Waals surface area contributed by atoms with Gasteiger partial charge in [-0.25, -0.2) is 4.98 Å². The first-order valence-corrected chi connectivity index (χ1v) is 9.40. The number of nitrogens with zero attached hydrogens (tertiary/aromatic N) is 4. The molecule has 0 atom stereocenters. The fourth-order valence-electron chi connectivity index (χ4n) is 2.41. The van der Waals surface area contributed by atoms with Gasteiger partial charge in [0.2, 0.25) is 0 Å². The van der Waals surface area contributed by atoms with E-state index in [0.29, 0.717) is 17.8 Å². The number of hydrogen-bond donors (Lipinski definition) is 2. The van der Waals surface area contributed by atoms with Gasteiger partial charge in [0.25, 0.3) is 5.56 Å². The van der Waals surface area contributed by atoms with E-state index in [1.54, 1.807) is 17.3 Å². The number of allylic oxidation sites excluding steroid dienone is 7. The standard InChI is InChI=1S/C23H29N5O2/c1-7-10-12-19(11-8-2)16-28(26-9-3)15-18(5)20(24-6)13-17(4)22-25-14-21(29)23(30)27-22/h7-15,29H,4,6,16H2,1-3,5H3,(H,25,27,30)/b10-7-,11-8-,18-15+,19-12+,20-13-,26-9-. The van der Waals surface area contributed by atoms with Crippen molar-refractivity contribution in [1.82, 2.24) is 15.0 Å². The van der Waals surface area contributed by atoms with Crippen molar-refractivity contribution in [2.24, 2.45) is 10.1 Å². The van der Waals surface area contributed by atoms with Gasteiger partial charge >= 0.3 is 0 Å². The van der Waals surface area contributed by atoms with E-state index in [1.807, 2.05) is 64.3 Å². The molecule has 2 N–H and O–H groups in total. The van der Waals surface area contributed by atoms with Crippen LogP contribution in [0.4, 0.5) is 0 Å². The van der Waals surface area contributed by atoms with Crippen LogP contribution in [0.15, 0.2) is 87.2 Å². The molecule has 0 saturated heterocycles. The highest BCUT2D eigenvalue weighted by atomic mass is 16.3. The summed E-state index contributed by atoms with van der Waals surface area (Å²) in [6.45, 7) is 15.8. The summed E-state index contributed by atoms with van der Waals surface area (Å²) in [6.07, 6.45) is 16.3. The third-order valence-electron chi connectivity index (χ3n) is 3.80. The Kier molecular flexibility index (Phi) is 10.3. The molecular weight excluding hydrogens is 378 g/mol. The predicted molar refractivity (Wildman–Crippen MR) is 126 cm³/mol. The lowest BCUT2D eigenvalue weighted by Gasteiger charge is -2.17. The number of H-pyrrole nitrogens is 1. The van der Waals surface area contributed by atoms with Crippen molar-refractivity contribution in [3.8, 4) is 5.75 Å². The number of aliphatic imine (C=N–C) groups is 1.